The fraction of sp³-hybridized carbons (Fsp3) is 0.857. The minimum atomic E-state index is -0.853. The summed E-state index contributed by atoms with van der Waals surface area (Å²) in [5.41, 5.74) is 0. The van der Waals surface area contributed by atoms with Crippen LogP contribution in [0.2, 0.25) is 0 Å². The Morgan fingerprint density at radius 1 is 1.26 bits per heavy atom. The second-order valence-corrected chi connectivity index (χ2v) is 5.81. The lowest BCUT2D eigenvalue weighted by molar-refractivity contribution is -0.149. The first-order valence-electron chi connectivity index (χ1n) is 7.22. The molecule has 4 atom stereocenters. The van der Waals surface area contributed by atoms with Gasteiger partial charge < -0.3 is 15.1 Å². The van der Waals surface area contributed by atoms with Crippen LogP contribution in [0.1, 0.15) is 39.0 Å². The third-order valence-electron chi connectivity index (χ3n) is 4.74. The van der Waals surface area contributed by atoms with E-state index in [0.717, 1.165) is 19.3 Å². The highest BCUT2D eigenvalue weighted by molar-refractivity contribution is 5.85. The summed E-state index contributed by atoms with van der Waals surface area (Å²) in [7, 11) is 0. The lowest BCUT2D eigenvalue weighted by Gasteiger charge is -2.27. The van der Waals surface area contributed by atoms with E-state index in [1.165, 1.54) is 0 Å². The monoisotopic (exact) mass is 269 g/mol. The van der Waals surface area contributed by atoms with Crippen molar-refractivity contribution in [3.8, 4) is 0 Å². The predicted molar refractivity (Wildman–Crippen MR) is 69.5 cm³/mol. The van der Waals surface area contributed by atoms with Crippen molar-refractivity contribution in [1.29, 1.82) is 0 Å². The maximum Gasteiger partial charge on any atom is 0.307 e. The standard InChI is InChI=1S/C14H23NO4/c1-2-9-6-11(12(7-9)14(18)19)13(17)15-5-3-4-10(15)8-16/h9-12,16H,2-8H2,1H3,(H,18,19)/t9?,10-,11+,12-/m1/s1. The lowest BCUT2D eigenvalue weighted by atomic mass is 9.94. The maximum atomic E-state index is 12.5. The second kappa shape index (κ2) is 5.90. The highest BCUT2D eigenvalue weighted by atomic mass is 16.4. The minimum absolute atomic E-state index is 0.0204. The average molecular weight is 269 g/mol. The molecule has 1 saturated heterocycles. The zero-order valence-electron chi connectivity index (χ0n) is 11.4. The normalized spacial score (nSPS) is 34.7. The Balaban J connectivity index is 2.10. The number of likely N-dealkylation sites (tertiary alicyclic amines) is 1. The van der Waals surface area contributed by atoms with Crippen LogP contribution in [-0.4, -0.2) is 46.2 Å². The van der Waals surface area contributed by atoms with Crippen LogP contribution in [0.25, 0.3) is 0 Å². The van der Waals surface area contributed by atoms with Gasteiger partial charge >= 0.3 is 5.97 Å². The topological polar surface area (TPSA) is 77.8 Å². The summed E-state index contributed by atoms with van der Waals surface area (Å²) < 4.78 is 0. The molecule has 0 aromatic rings. The van der Waals surface area contributed by atoms with E-state index in [1.807, 2.05) is 6.92 Å². The molecule has 0 radical (unpaired) electrons. The summed E-state index contributed by atoms with van der Waals surface area (Å²) >= 11 is 0. The predicted octanol–water partition coefficient (Wildman–Crippen LogP) is 1.11. The minimum Gasteiger partial charge on any atom is -0.481 e. The smallest absolute Gasteiger partial charge is 0.307 e. The molecule has 1 aliphatic heterocycles. The Kier molecular flexibility index (Phi) is 4.45. The Morgan fingerprint density at radius 3 is 2.53 bits per heavy atom. The zero-order valence-corrected chi connectivity index (χ0v) is 11.4. The number of nitrogens with zero attached hydrogens (tertiary/aromatic N) is 1. The van der Waals surface area contributed by atoms with E-state index in [2.05, 4.69) is 0 Å². The van der Waals surface area contributed by atoms with E-state index < -0.39 is 17.8 Å². The van der Waals surface area contributed by atoms with Gasteiger partial charge in [0.25, 0.3) is 0 Å². The summed E-state index contributed by atoms with van der Waals surface area (Å²) in [6.07, 6.45) is 3.94. The van der Waals surface area contributed by atoms with E-state index in [9.17, 15) is 19.8 Å². The average Bonchev–Trinajstić information content (AvgIpc) is 3.03. The number of hydrogen-bond acceptors (Lipinski definition) is 3. The van der Waals surface area contributed by atoms with Crippen LogP contribution >= 0.6 is 0 Å². The molecule has 5 heteroatoms. The maximum absolute atomic E-state index is 12.5. The van der Waals surface area contributed by atoms with E-state index in [1.54, 1.807) is 4.90 Å². The highest BCUT2D eigenvalue weighted by Gasteiger charge is 2.45. The van der Waals surface area contributed by atoms with Crippen LogP contribution < -0.4 is 0 Å². The largest absolute Gasteiger partial charge is 0.481 e. The van der Waals surface area contributed by atoms with Gasteiger partial charge in [0.05, 0.1) is 24.5 Å². The van der Waals surface area contributed by atoms with Gasteiger partial charge in [0.2, 0.25) is 5.91 Å². The van der Waals surface area contributed by atoms with Gasteiger partial charge in [-0.05, 0) is 31.6 Å². The van der Waals surface area contributed by atoms with Gasteiger partial charge in [-0.25, -0.2) is 0 Å². The highest BCUT2D eigenvalue weighted by Crippen LogP contribution is 2.40. The number of aliphatic hydroxyl groups is 1. The third kappa shape index (κ3) is 2.76. The molecule has 5 nitrogen and oxygen atoms in total. The van der Waals surface area contributed by atoms with Crippen LogP contribution in [0, 0.1) is 17.8 Å². The van der Waals surface area contributed by atoms with E-state index in [-0.39, 0.29) is 18.6 Å². The molecule has 2 fully saturated rings. The number of amides is 1. The molecule has 1 aliphatic carbocycles. The number of rotatable bonds is 4. The second-order valence-electron chi connectivity index (χ2n) is 5.81. The fourth-order valence-electron chi connectivity index (χ4n) is 3.55. The van der Waals surface area contributed by atoms with Crippen LogP contribution in [0.4, 0.5) is 0 Å². The van der Waals surface area contributed by atoms with E-state index in [4.69, 9.17) is 0 Å². The third-order valence-corrected chi connectivity index (χ3v) is 4.74. The van der Waals surface area contributed by atoms with Crippen molar-refractivity contribution in [3.05, 3.63) is 0 Å². The first kappa shape index (κ1) is 14.3. The molecule has 2 rings (SSSR count). The Morgan fingerprint density at radius 2 is 1.95 bits per heavy atom. The quantitative estimate of drug-likeness (QED) is 0.801. The first-order chi connectivity index (χ1) is 9.08. The van der Waals surface area contributed by atoms with Crippen LogP contribution in [-0.2, 0) is 9.59 Å². The number of aliphatic hydroxyl groups excluding tert-OH is 1. The van der Waals surface area contributed by atoms with Gasteiger partial charge in [0.15, 0.2) is 0 Å². The zero-order chi connectivity index (χ0) is 14.0. The van der Waals surface area contributed by atoms with Crippen molar-refractivity contribution in [2.24, 2.45) is 17.8 Å². The van der Waals surface area contributed by atoms with Gasteiger partial charge in [-0.1, -0.05) is 13.3 Å². The first-order valence-corrected chi connectivity index (χ1v) is 7.22. The Hall–Kier alpha value is -1.10. The Labute approximate surface area is 113 Å². The van der Waals surface area contributed by atoms with Gasteiger partial charge in [-0.2, -0.15) is 0 Å². The number of carboxylic acid groups (broad SMARTS) is 1. The SMILES string of the molecule is CCC1C[C@H](C(=O)N2CCC[C@@H]2CO)[C@H](C(=O)O)C1. The molecule has 19 heavy (non-hydrogen) atoms. The van der Waals surface area contributed by atoms with Crippen molar-refractivity contribution in [2.75, 3.05) is 13.2 Å². The molecular formula is C14H23NO4. The van der Waals surface area contributed by atoms with Crippen molar-refractivity contribution < 1.29 is 19.8 Å². The van der Waals surface area contributed by atoms with Gasteiger partial charge in [-0.15, -0.1) is 0 Å². The van der Waals surface area contributed by atoms with Crippen LogP contribution in [0.15, 0.2) is 0 Å². The van der Waals surface area contributed by atoms with Crippen molar-refractivity contribution in [3.63, 3.8) is 0 Å². The van der Waals surface area contributed by atoms with E-state index >= 15 is 0 Å². The molecule has 1 heterocycles. The summed E-state index contributed by atoms with van der Waals surface area (Å²) in [6, 6.07) is -0.109. The Bertz CT molecular complexity index is 357. The van der Waals surface area contributed by atoms with Crippen molar-refractivity contribution >= 4 is 11.9 Å². The van der Waals surface area contributed by atoms with Gasteiger partial charge in [0, 0.05) is 6.54 Å². The molecule has 1 unspecified atom stereocenters. The molecule has 2 aliphatic rings. The molecule has 1 saturated carbocycles. The molecule has 0 spiro atoms. The molecule has 2 N–H and O–H groups in total. The van der Waals surface area contributed by atoms with Gasteiger partial charge in [0.1, 0.15) is 0 Å². The van der Waals surface area contributed by atoms with Gasteiger partial charge in [-0.3, -0.25) is 9.59 Å². The summed E-state index contributed by atoms with van der Waals surface area (Å²) in [5.74, 6) is -1.51. The van der Waals surface area contributed by atoms with Crippen LogP contribution in [0.5, 0.6) is 0 Å². The van der Waals surface area contributed by atoms with E-state index in [0.29, 0.717) is 25.3 Å². The number of carboxylic acids is 1. The molecule has 108 valence electrons. The number of aliphatic carboxylic acids is 1. The molecule has 0 aromatic heterocycles. The molecule has 1 amide bonds. The summed E-state index contributed by atoms with van der Waals surface area (Å²) in [5, 5.41) is 18.6. The molecular weight excluding hydrogens is 246 g/mol. The van der Waals surface area contributed by atoms with Crippen molar-refractivity contribution in [1.82, 2.24) is 4.90 Å². The lowest BCUT2D eigenvalue weighted by Crippen LogP contribution is -2.43. The van der Waals surface area contributed by atoms with Crippen LogP contribution in [0.3, 0.4) is 0 Å². The molecule has 0 bridgehead atoms. The fourth-order valence-corrected chi connectivity index (χ4v) is 3.55. The number of hydrogen-bond donors (Lipinski definition) is 2. The summed E-state index contributed by atoms with van der Waals surface area (Å²) in [4.78, 5) is 25.6. The summed E-state index contributed by atoms with van der Waals surface area (Å²) in [6.45, 7) is 2.68. The van der Waals surface area contributed by atoms with Crippen molar-refractivity contribution in [2.45, 2.75) is 45.1 Å². The molecule has 0 aromatic carbocycles. The number of carbonyl (C=O) groups excluding carboxylic acids is 1. The number of carbonyl (C=O) groups is 2.